The average molecular weight is 480 g/mol. The fourth-order valence-corrected chi connectivity index (χ4v) is 6.16. The molecule has 0 aliphatic carbocycles. The highest BCUT2D eigenvalue weighted by molar-refractivity contribution is 9.10. The highest BCUT2D eigenvalue weighted by Crippen LogP contribution is 2.69. The zero-order valence-corrected chi connectivity index (χ0v) is 17.5. The molecule has 0 saturated heterocycles. The lowest BCUT2D eigenvalue weighted by atomic mass is 10.4. The number of carbonyl (C=O) groups is 1. The molecule has 0 amide bonds. The van der Waals surface area contributed by atoms with Gasteiger partial charge in [0.25, 0.3) is 0 Å². The van der Waals surface area contributed by atoms with Gasteiger partial charge < -0.3 is 4.18 Å². The number of carbonyl (C=O) groups excluding carboxylic acids is 1. The molecular weight excluding hydrogens is 464 g/mol. The molecule has 128 valence electrons. The molecule has 0 N–H and O–H groups in total. The second-order valence-corrected chi connectivity index (χ2v) is 9.88. The molecule has 0 heterocycles. The molecule has 0 aromatic heterocycles. The van der Waals surface area contributed by atoms with E-state index in [-0.39, 0.29) is 5.97 Å². The Morgan fingerprint density at radius 3 is 1.52 bits per heavy atom. The molecule has 0 fully saturated rings. The zero-order valence-electron chi connectivity index (χ0n) is 13.5. The van der Waals surface area contributed by atoms with Crippen molar-refractivity contribution in [1.29, 1.82) is 0 Å². The first-order valence-corrected chi connectivity index (χ1v) is 10.8. The van der Waals surface area contributed by atoms with Gasteiger partial charge in [-0.1, -0.05) is 50.1 Å². The lowest BCUT2D eigenvalue weighted by Crippen LogP contribution is -2.11. The summed E-state index contributed by atoms with van der Waals surface area (Å²) in [6.07, 6.45) is 0. The fourth-order valence-electron chi connectivity index (χ4n) is 2.59. The van der Waals surface area contributed by atoms with Gasteiger partial charge in [-0.3, -0.25) is 4.79 Å². The third-order valence-electron chi connectivity index (χ3n) is 3.61. The fraction of sp³-hybridized carbons (Fsp3) is 0.0500. The van der Waals surface area contributed by atoms with Gasteiger partial charge in [-0.2, -0.15) is 0 Å². The molecule has 3 aromatic carbocycles. The molecular formula is C20H16Br2O2S. The van der Waals surface area contributed by atoms with Crippen molar-refractivity contribution in [3.8, 4) is 0 Å². The van der Waals surface area contributed by atoms with Crippen LogP contribution in [0.25, 0.3) is 0 Å². The predicted molar refractivity (Wildman–Crippen MR) is 109 cm³/mol. The Morgan fingerprint density at radius 1 is 0.720 bits per heavy atom. The summed E-state index contributed by atoms with van der Waals surface area (Å²) >= 11 is 6.96. The highest BCUT2D eigenvalue weighted by Gasteiger charge is 2.34. The van der Waals surface area contributed by atoms with E-state index in [2.05, 4.69) is 31.9 Å². The maximum absolute atomic E-state index is 12.1. The topological polar surface area (TPSA) is 26.3 Å². The molecule has 0 aliphatic rings. The normalized spacial score (nSPS) is 11.8. The highest BCUT2D eigenvalue weighted by atomic mass is 79.9. The van der Waals surface area contributed by atoms with Crippen LogP contribution in [0.4, 0.5) is 0 Å². The van der Waals surface area contributed by atoms with Gasteiger partial charge in [-0.25, -0.2) is 0 Å². The summed E-state index contributed by atoms with van der Waals surface area (Å²) in [5.74, 6) is -0.301. The van der Waals surface area contributed by atoms with E-state index in [4.69, 9.17) is 4.18 Å². The Bertz CT molecular complexity index is 817. The summed E-state index contributed by atoms with van der Waals surface area (Å²) < 4.78 is 8.05. The van der Waals surface area contributed by atoms with Crippen LogP contribution in [0.5, 0.6) is 0 Å². The predicted octanol–water partition coefficient (Wildman–Crippen LogP) is 6.97. The lowest BCUT2D eigenvalue weighted by Gasteiger charge is -2.39. The van der Waals surface area contributed by atoms with Crippen molar-refractivity contribution in [2.75, 3.05) is 0 Å². The first kappa shape index (κ1) is 18.2. The molecule has 0 atom stereocenters. The summed E-state index contributed by atoms with van der Waals surface area (Å²) in [5.41, 5.74) is 0. The Labute approximate surface area is 166 Å². The van der Waals surface area contributed by atoms with Gasteiger partial charge >= 0.3 is 5.97 Å². The average Bonchev–Trinajstić information content (AvgIpc) is 2.62. The van der Waals surface area contributed by atoms with Gasteiger partial charge in [0.05, 0.1) is 0 Å². The van der Waals surface area contributed by atoms with Crippen LogP contribution in [0, 0.1) is 0 Å². The van der Waals surface area contributed by atoms with Crippen molar-refractivity contribution in [3.63, 3.8) is 0 Å². The Kier molecular flexibility index (Phi) is 5.67. The van der Waals surface area contributed by atoms with E-state index < -0.39 is 10.3 Å². The van der Waals surface area contributed by atoms with Gasteiger partial charge in [0.1, 0.15) is 0 Å². The lowest BCUT2D eigenvalue weighted by molar-refractivity contribution is -0.131. The second-order valence-electron chi connectivity index (χ2n) is 5.35. The molecule has 0 aliphatic heterocycles. The zero-order chi connectivity index (χ0) is 17.9. The van der Waals surface area contributed by atoms with Crippen LogP contribution in [-0.2, 0) is 8.98 Å². The van der Waals surface area contributed by atoms with Crippen molar-refractivity contribution in [3.05, 3.63) is 87.8 Å². The molecule has 0 unspecified atom stereocenters. The summed E-state index contributed by atoms with van der Waals surface area (Å²) in [6, 6.07) is 25.9. The Hall–Kier alpha value is -1.56. The molecule has 25 heavy (non-hydrogen) atoms. The van der Waals surface area contributed by atoms with Gasteiger partial charge in [-0.15, -0.1) is 0 Å². The molecule has 0 bridgehead atoms. The van der Waals surface area contributed by atoms with Gasteiger partial charge in [0.15, 0.2) is 0 Å². The number of halogens is 2. The maximum atomic E-state index is 12.1. The molecule has 2 nitrogen and oxygen atoms in total. The SMILES string of the molecule is CC(=O)OS(c1ccccc1)(c1ccc(Br)cc1)c1ccc(Br)cc1. The molecule has 3 aromatic rings. The van der Waals surface area contributed by atoms with E-state index in [1.165, 1.54) is 6.92 Å². The third-order valence-corrected chi connectivity index (χ3v) is 7.96. The number of hydrogen-bond donors (Lipinski definition) is 0. The monoisotopic (exact) mass is 478 g/mol. The van der Waals surface area contributed by atoms with E-state index in [0.717, 1.165) is 23.6 Å². The van der Waals surface area contributed by atoms with Gasteiger partial charge in [0, 0.05) is 30.6 Å². The molecule has 0 radical (unpaired) electrons. The van der Waals surface area contributed by atoms with Crippen LogP contribution < -0.4 is 0 Å². The van der Waals surface area contributed by atoms with Gasteiger partial charge in [-0.05, 0) is 71.0 Å². The summed E-state index contributed by atoms with van der Waals surface area (Å²) in [6.45, 7) is 1.46. The van der Waals surface area contributed by atoms with Gasteiger partial charge in [0.2, 0.25) is 0 Å². The first-order chi connectivity index (χ1) is 12.0. The minimum Gasteiger partial charge on any atom is -0.402 e. The number of rotatable bonds is 4. The van der Waals surface area contributed by atoms with Crippen molar-refractivity contribution in [1.82, 2.24) is 0 Å². The van der Waals surface area contributed by atoms with E-state index >= 15 is 0 Å². The Balaban J connectivity index is 2.32. The number of hydrogen-bond acceptors (Lipinski definition) is 2. The Morgan fingerprint density at radius 2 is 1.12 bits per heavy atom. The molecule has 5 heteroatoms. The van der Waals surface area contributed by atoms with E-state index in [9.17, 15) is 4.79 Å². The van der Waals surface area contributed by atoms with Crippen LogP contribution in [0.2, 0.25) is 0 Å². The second kappa shape index (κ2) is 7.77. The largest absolute Gasteiger partial charge is 0.402 e. The summed E-state index contributed by atoms with van der Waals surface area (Å²) in [5, 5.41) is 0. The minimum atomic E-state index is -2.16. The van der Waals surface area contributed by atoms with Crippen LogP contribution >= 0.6 is 42.2 Å². The number of benzene rings is 3. The van der Waals surface area contributed by atoms with Crippen LogP contribution in [-0.4, -0.2) is 5.97 Å². The maximum Gasteiger partial charge on any atom is 0.313 e. The van der Waals surface area contributed by atoms with Crippen molar-refractivity contribution < 1.29 is 8.98 Å². The van der Waals surface area contributed by atoms with Crippen LogP contribution in [0.15, 0.2) is 102 Å². The quantitative estimate of drug-likeness (QED) is 0.403. The van der Waals surface area contributed by atoms with E-state index in [1.807, 2.05) is 78.9 Å². The smallest absolute Gasteiger partial charge is 0.313 e. The van der Waals surface area contributed by atoms with E-state index in [0.29, 0.717) is 0 Å². The van der Waals surface area contributed by atoms with Crippen LogP contribution in [0.1, 0.15) is 6.92 Å². The third kappa shape index (κ3) is 3.84. The first-order valence-electron chi connectivity index (χ1n) is 7.62. The van der Waals surface area contributed by atoms with Crippen molar-refractivity contribution in [2.45, 2.75) is 21.6 Å². The van der Waals surface area contributed by atoms with Crippen molar-refractivity contribution >= 4 is 48.1 Å². The standard InChI is InChI=1S/C20H16Br2O2S/c1-15(23)24-25(18-5-3-2-4-6-18,19-11-7-16(21)8-12-19)20-13-9-17(22)10-14-20/h2-14H,1H3. The molecule has 3 rings (SSSR count). The minimum absolute atomic E-state index is 0.301. The van der Waals surface area contributed by atoms with Crippen LogP contribution in [0.3, 0.4) is 0 Å². The summed E-state index contributed by atoms with van der Waals surface area (Å²) in [4.78, 5) is 15.0. The molecule has 0 spiro atoms. The van der Waals surface area contributed by atoms with Crippen molar-refractivity contribution in [2.24, 2.45) is 0 Å². The summed E-state index contributed by atoms with van der Waals surface area (Å²) in [7, 11) is -2.16. The molecule has 0 saturated carbocycles. The van der Waals surface area contributed by atoms with E-state index in [1.54, 1.807) is 0 Å².